The van der Waals surface area contributed by atoms with Gasteiger partial charge in [0, 0.05) is 31.4 Å². The van der Waals surface area contributed by atoms with Crippen molar-refractivity contribution in [1.82, 2.24) is 5.32 Å². The fourth-order valence-corrected chi connectivity index (χ4v) is 2.03. The standard InChI is InChI=1S/C16H28N2O/c1-4-7-11-17-12-13-19-16-10-8-9-15(14-16)18(5-2)6-3/h8-10,14,17H,4-7,11-13H2,1-3H3. The second-order valence-corrected chi connectivity index (χ2v) is 4.62. The van der Waals surface area contributed by atoms with Crippen molar-refractivity contribution < 1.29 is 4.74 Å². The van der Waals surface area contributed by atoms with Crippen LogP contribution in [-0.4, -0.2) is 32.8 Å². The number of rotatable bonds is 10. The van der Waals surface area contributed by atoms with E-state index in [0.29, 0.717) is 0 Å². The monoisotopic (exact) mass is 264 g/mol. The van der Waals surface area contributed by atoms with Gasteiger partial charge < -0.3 is 15.0 Å². The molecule has 1 N–H and O–H groups in total. The van der Waals surface area contributed by atoms with Gasteiger partial charge in [-0.1, -0.05) is 19.4 Å². The Balaban J connectivity index is 2.35. The minimum absolute atomic E-state index is 0.728. The zero-order chi connectivity index (χ0) is 13.9. The lowest BCUT2D eigenvalue weighted by molar-refractivity contribution is 0.314. The number of ether oxygens (including phenoxy) is 1. The van der Waals surface area contributed by atoms with Crippen molar-refractivity contribution in [3.05, 3.63) is 24.3 Å². The van der Waals surface area contributed by atoms with E-state index >= 15 is 0 Å². The highest BCUT2D eigenvalue weighted by Gasteiger charge is 2.02. The van der Waals surface area contributed by atoms with Crippen molar-refractivity contribution >= 4 is 5.69 Å². The second-order valence-electron chi connectivity index (χ2n) is 4.62. The number of anilines is 1. The maximum absolute atomic E-state index is 5.78. The van der Waals surface area contributed by atoms with E-state index in [1.807, 2.05) is 6.07 Å². The van der Waals surface area contributed by atoms with Crippen molar-refractivity contribution in [3.63, 3.8) is 0 Å². The van der Waals surface area contributed by atoms with Crippen LogP contribution >= 0.6 is 0 Å². The Morgan fingerprint density at radius 2 is 1.89 bits per heavy atom. The van der Waals surface area contributed by atoms with E-state index in [1.165, 1.54) is 18.5 Å². The van der Waals surface area contributed by atoms with Crippen LogP contribution < -0.4 is 15.0 Å². The van der Waals surface area contributed by atoms with Crippen molar-refractivity contribution in [2.45, 2.75) is 33.6 Å². The molecule has 0 spiro atoms. The minimum Gasteiger partial charge on any atom is -0.492 e. The molecule has 3 nitrogen and oxygen atoms in total. The molecule has 1 rings (SSSR count). The molecule has 3 heteroatoms. The fraction of sp³-hybridized carbons (Fsp3) is 0.625. The molecule has 0 aromatic heterocycles. The van der Waals surface area contributed by atoms with Gasteiger partial charge in [0.25, 0.3) is 0 Å². The molecule has 19 heavy (non-hydrogen) atoms. The highest BCUT2D eigenvalue weighted by atomic mass is 16.5. The first-order valence-electron chi connectivity index (χ1n) is 7.50. The topological polar surface area (TPSA) is 24.5 Å². The molecule has 0 heterocycles. The second kappa shape index (κ2) is 9.68. The molecule has 0 atom stereocenters. The lowest BCUT2D eigenvalue weighted by atomic mass is 10.2. The molecule has 0 aliphatic heterocycles. The van der Waals surface area contributed by atoms with Gasteiger partial charge in [-0.05, 0) is 38.9 Å². The predicted octanol–water partition coefficient (Wildman–Crippen LogP) is 3.30. The molecule has 108 valence electrons. The highest BCUT2D eigenvalue weighted by Crippen LogP contribution is 2.20. The van der Waals surface area contributed by atoms with E-state index in [4.69, 9.17) is 4.74 Å². The number of benzene rings is 1. The largest absolute Gasteiger partial charge is 0.492 e. The Bertz CT molecular complexity index is 337. The third-order valence-corrected chi connectivity index (χ3v) is 3.20. The highest BCUT2D eigenvalue weighted by molar-refractivity contribution is 5.50. The number of unbranched alkanes of at least 4 members (excludes halogenated alkanes) is 1. The average Bonchev–Trinajstić information content (AvgIpc) is 2.45. The molecular formula is C16H28N2O. The molecular weight excluding hydrogens is 236 g/mol. The number of hydrogen-bond acceptors (Lipinski definition) is 3. The predicted molar refractivity (Wildman–Crippen MR) is 83.3 cm³/mol. The number of nitrogens with one attached hydrogen (secondary N) is 1. The van der Waals surface area contributed by atoms with Crippen LogP contribution in [-0.2, 0) is 0 Å². The molecule has 0 aliphatic carbocycles. The van der Waals surface area contributed by atoms with Crippen LogP contribution in [0.5, 0.6) is 5.75 Å². The molecule has 0 bridgehead atoms. The van der Waals surface area contributed by atoms with Gasteiger partial charge in [-0.25, -0.2) is 0 Å². The molecule has 0 unspecified atom stereocenters. The first kappa shape index (κ1) is 15.8. The number of nitrogens with zero attached hydrogens (tertiary/aromatic N) is 1. The summed E-state index contributed by atoms with van der Waals surface area (Å²) in [5.74, 6) is 0.960. The average molecular weight is 264 g/mol. The Hall–Kier alpha value is -1.22. The third-order valence-electron chi connectivity index (χ3n) is 3.20. The van der Waals surface area contributed by atoms with Gasteiger partial charge in [0.05, 0.1) is 0 Å². The molecule has 0 saturated heterocycles. The first-order valence-corrected chi connectivity index (χ1v) is 7.50. The molecule has 1 aromatic carbocycles. The third kappa shape index (κ3) is 5.97. The molecule has 0 amide bonds. The summed E-state index contributed by atoms with van der Waals surface area (Å²) < 4.78 is 5.78. The van der Waals surface area contributed by atoms with E-state index in [9.17, 15) is 0 Å². The van der Waals surface area contributed by atoms with Gasteiger partial charge in [0.1, 0.15) is 12.4 Å². The van der Waals surface area contributed by atoms with Crippen LogP contribution in [0.4, 0.5) is 5.69 Å². The maximum atomic E-state index is 5.78. The van der Waals surface area contributed by atoms with Crippen LogP contribution in [0.25, 0.3) is 0 Å². The Labute approximate surface area is 118 Å². The minimum atomic E-state index is 0.728. The van der Waals surface area contributed by atoms with E-state index < -0.39 is 0 Å². The first-order chi connectivity index (χ1) is 9.31. The fourth-order valence-electron chi connectivity index (χ4n) is 2.03. The zero-order valence-corrected chi connectivity index (χ0v) is 12.6. The molecule has 1 aromatic rings. The van der Waals surface area contributed by atoms with Crippen molar-refractivity contribution in [1.29, 1.82) is 0 Å². The normalized spacial score (nSPS) is 10.5. The van der Waals surface area contributed by atoms with Gasteiger partial charge in [-0.2, -0.15) is 0 Å². The molecule has 0 aliphatic rings. The zero-order valence-electron chi connectivity index (χ0n) is 12.6. The van der Waals surface area contributed by atoms with Gasteiger partial charge in [0.2, 0.25) is 0 Å². The van der Waals surface area contributed by atoms with Crippen LogP contribution in [0, 0.1) is 0 Å². The summed E-state index contributed by atoms with van der Waals surface area (Å²) in [5.41, 5.74) is 1.24. The molecule has 0 fully saturated rings. The Morgan fingerprint density at radius 3 is 2.58 bits per heavy atom. The summed E-state index contributed by atoms with van der Waals surface area (Å²) in [6, 6.07) is 8.35. The smallest absolute Gasteiger partial charge is 0.121 e. The summed E-state index contributed by atoms with van der Waals surface area (Å²) in [5, 5.41) is 3.38. The Morgan fingerprint density at radius 1 is 1.11 bits per heavy atom. The number of hydrogen-bond donors (Lipinski definition) is 1. The van der Waals surface area contributed by atoms with E-state index in [2.05, 4.69) is 49.2 Å². The molecule has 0 radical (unpaired) electrons. The quantitative estimate of drug-likeness (QED) is 0.656. The van der Waals surface area contributed by atoms with Crippen molar-refractivity contribution in [3.8, 4) is 5.75 Å². The van der Waals surface area contributed by atoms with Crippen LogP contribution in [0.2, 0.25) is 0 Å². The van der Waals surface area contributed by atoms with Gasteiger partial charge in [0.15, 0.2) is 0 Å². The van der Waals surface area contributed by atoms with Crippen LogP contribution in [0.1, 0.15) is 33.6 Å². The lowest BCUT2D eigenvalue weighted by Crippen LogP contribution is -2.23. The van der Waals surface area contributed by atoms with Gasteiger partial charge in [-0.3, -0.25) is 0 Å². The van der Waals surface area contributed by atoms with Gasteiger partial charge >= 0.3 is 0 Å². The summed E-state index contributed by atoms with van der Waals surface area (Å²) in [7, 11) is 0. The van der Waals surface area contributed by atoms with Crippen LogP contribution in [0.3, 0.4) is 0 Å². The maximum Gasteiger partial charge on any atom is 0.121 e. The summed E-state index contributed by atoms with van der Waals surface area (Å²) in [4.78, 5) is 2.33. The van der Waals surface area contributed by atoms with E-state index in [1.54, 1.807) is 0 Å². The van der Waals surface area contributed by atoms with Crippen molar-refractivity contribution in [2.75, 3.05) is 37.7 Å². The van der Waals surface area contributed by atoms with Crippen molar-refractivity contribution in [2.24, 2.45) is 0 Å². The Kier molecular flexibility index (Phi) is 8.07. The lowest BCUT2D eigenvalue weighted by Gasteiger charge is -2.21. The van der Waals surface area contributed by atoms with Gasteiger partial charge in [-0.15, -0.1) is 0 Å². The summed E-state index contributed by atoms with van der Waals surface area (Å²) >= 11 is 0. The summed E-state index contributed by atoms with van der Waals surface area (Å²) in [6.07, 6.45) is 2.47. The molecule has 0 saturated carbocycles. The van der Waals surface area contributed by atoms with Crippen LogP contribution in [0.15, 0.2) is 24.3 Å². The SMILES string of the molecule is CCCCNCCOc1cccc(N(CC)CC)c1. The van der Waals surface area contributed by atoms with E-state index in [0.717, 1.165) is 38.5 Å². The van der Waals surface area contributed by atoms with E-state index in [-0.39, 0.29) is 0 Å². The summed E-state index contributed by atoms with van der Waals surface area (Å²) in [6.45, 7) is 11.3.